The summed E-state index contributed by atoms with van der Waals surface area (Å²) in [5.41, 5.74) is 2.10. The van der Waals surface area contributed by atoms with E-state index >= 15 is 0 Å². The molecule has 1 aliphatic heterocycles. The molecular formula is C21H16N2O5S2. The molecule has 0 bridgehead atoms. The Bertz CT molecular complexity index is 1270. The Morgan fingerprint density at radius 2 is 1.80 bits per heavy atom. The number of aliphatic imine (C=N–C) groups is 1. The van der Waals surface area contributed by atoms with E-state index in [2.05, 4.69) is 4.99 Å². The Morgan fingerprint density at radius 3 is 2.43 bits per heavy atom. The molecular weight excluding hydrogens is 424 g/mol. The number of carboxylic acids is 1. The van der Waals surface area contributed by atoms with Crippen molar-refractivity contribution in [2.24, 2.45) is 4.99 Å². The Hall–Kier alpha value is -3.43. The van der Waals surface area contributed by atoms with Crippen LogP contribution in [-0.2, 0) is 4.79 Å². The van der Waals surface area contributed by atoms with E-state index in [9.17, 15) is 15.0 Å². The molecule has 30 heavy (non-hydrogen) atoms. The number of rotatable bonds is 5. The van der Waals surface area contributed by atoms with E-state index in [0.29, 0.717) is 42.8 Å². The quantitative estimate of drug-likeness (QED) is 0.559. The molecule has 7 nitrogen and oxygen atoms in total. The number of aromatic hydroxyl groups is 1. The van der Waals surface area contributed by atoms with E-state index in [1.807, 2.05) is 0 Å². The summed E-state index contributed by atoms with van der Waals surface area (Å²) in [6, 6.07) is 12.2. The average molecular weight is 441 g/mol. The number of aliphatic carboxylic acids is 1. The molecule has 0 amide bonds. The Kier molecular flexibility index (Phi) is 5.15. The Morgan fingerprint density at radius 1 is 1.13 bits per heavy atom. The highest BCUT2D eigenvalue weighted by Crippen LogP contribution is 2.41. The van der Waals surface area contributed by atoms with Gasteiger partial charge in [0.2, 0.25) is 5.88 Å². The molecule has 0 atom stereocenters. The molecule has 1 aromatic heterocycles. The molecule has 0 spiro atoms. The van der Waals surface area contributed by atoms with E-state index < -0.39 is 5.97 Å². The van der Waals surface area contributed by atoms with Gasteiger partial charge in [-0.1, -0.05) is 0 Å². The number of nitrogens with zero attached hydrogens (tertiary/aromatic N) is 2. The minimum absolute atomic E-state index is 0.0747. The van der Waals surface area contributed by atoms with Crippen molar-refractivity contribution in [3.8, 4) is 23.1 Å². The van der Waals surface area contributed by atoms with Gasteiger partial charge in [-0.3, -0.25) is 4.57 Å². The van der Waals surface area contributed by atoms with Crippen molar-refractivity contribution < 1.29 is 24.5 Å². The fraction of sp³-hybridized carbons (Fsp3) is 0.0952. The van der Waals surface area contributed by atoms with Gasteiger partial charge in [-0.2, -0.15) is 0 Å². The van der Waals surface area contributed by atoms with Gasteiger partial charge < -0.3 is 19.7 Å². The number of carbonyl (C=O) groups is 1. The first kappa shape index (κ1) is 19.9. The minimum atomic E-state index is -1.16. The highest BCUT2D eigenvalue weighted by Gasteiger charge is 2.27. The maximum atomic E-state index is 11.8. The molecule has 152 valence electrons. The maximum absolute atomic E-state index is 11.8. The molecule has 4 rings (SSSR count). The van der Waals surface area contributed by atoms with Gasteiger partial charge in [0.25, 0.3) is 0 Å². The van der Waals surface area contributed by atoms with Crippen LogP contribution in [0, 0.1) is 3.95 Å². The summed E-state index contributed by atoms with van der Waals surface area (Å²) >= 11 is 6.61. The largest absolute Gasteiger partial charge is 0.497 e. The number of methoxy groups -OCH3 is 2. The summed E-state index contributed by atoms with van der Waals surface area (Å²) in [5, 5.41) is 20.4. The van der Waals surface area contributed by atoms with Crippen LogP contribution in [0.4, 0.5) is 5.69 Å². The second kappa shape index (κ2) is 7.77. The van der Waals surface area contributed by atoms with Gasteiger partial charge in [0.1, 0.15) is 11.5 Å². The molecule has 9 heteroatoms. The maximum Gasteiger partial charge on any atom is 0.355 e. The number of fused-ring (bicyclic) bond motifs is 1. The van der Waals surface area contributed by atoms with Gasteiger partial charge >= 0.3 is 5.97 Å². The van der Waals surface area contributed by atoms with Crippen LogP contribution in [0.2, 0.25) is 0 Å². The summed E-state index contributed by atoms with van der Waals surface area (Å²) in [6.07, 6.45) is 1.60. The summed E-state index contributed by atoms with van der Waals surface area (Å²) in [5.74, 6) is 0.0266. The smallest absolute Gasteiger partial charge is 0.355 e. The number of carboxylic acid groups (broad SMARTS) is 1. The van der Waals surface area contributed by atoms with Crippen LogP contribution in [0.5, 0.6) is 17.4 Å². The van der Waals surface area contributed by atoms with Crippen molar-refractivity contribution in [2.45, 2.75) is 0 Å². The number of aromatic nitrogens is 1. The average Bonchev–Trinajstić information content (AvgIpc) is 3.25. The lowest BCUT2D eigenvalue weighted by molar-refractivity contribution is -0.129. The van der Waals surface area contributed by atoms with Crippen molar-refractivity contribution in [1.29, 1.82) is 0 Å². The first-order chi connectivity index (χ1) is 14.4. The predicted molar refractivity (Wildman–Crippen MR) is 118 cm³/mol. The molecule has 2 heterocycles. The van der Waals surface area contributed by atoms with Gasteiger partial charge in [-0.15, -0.1) is 11.3 Å². The number of benzene rings is 2. The van der Waals surface area contributed by atoms with Crippen molar-refractivity contribution >= 4 is 52.6 Å². The number of hydrogen-bond donors (Lipinski definition) is 2. The highest BCUT2D eigenvalue weighted by atomic mass is 32.1. The molecule has 0 fully saturated rings. The second-order valence-corrected chi connectivity index (χ2v) is 7.97. The van der Waals surface area contributed by atoms with Crippen molar-refractivity contribution in [1.82, 2.24) is 4.57 Å². The third kappa shape index (κ3) is 3.38. The van der Waals surface area contributed by atoms with Crippen LogP contribution < -0.4 is 9.47 Å². The summed E-state index contributed by atoms with van der Waals surface area (Å²) in [7, 11) is 3.10. The number of hydrogen-bond acceptors (Lipinski definition) is 7. The van der Waals surface area contributed by atoms with Crippen LogP contribution >= 0.6 is 23.6 Å². The van der Waals surface area contributed by atoms with Gasteiger partial charge in [-0.05, 0) is 54.7 Å². The number of ether oxygens (including phenoxy) is 2. The SMILES string of the molecule is COc1ccc(-n2c(O)c(/C=C3/C(C(=O)O)=Nc4cc(OC)ccc43)sc2=S)cc1. The topological polar surface area (TPSA) is 93.3 Å². The van der Waals surface area contributed by atoms with Crippen LogP contribution in [0.1, 0.15) is 10.4 Å². The van der Waals surface area contributed by atoms with E-state index in [0.717, 1.165) is 0 Å². The van der Waals surface area contributed by atoms with Crippen LogP contribution in [0.3, 0.4) is 0 Å². The molecule has 0 aliphatic carbocycles. The van der Waals surface area contributed by atoms with Gasteiger partial charge in [0, 0.05) is 17.2 Å². The van der Waals surface area contributed by atoms with Crippen LogP contribution in [0.15, 0.2) is 47.5 Å². The fourth-order valence-corrected chi connectivity index (χ4v) is 4.43. The molecule has 2 N–H and O–H groups in total. The standard InChI is InChI=1S/C21H16N2O5S2/c1-27-12-5-3-11(4-6-12)23-19(24)17(30-21(23)29)10-15-14-8-7-13(28-2)9-16(14)22-18(15)20(25)26/h3-10,24H,1-2H3,(H,25,26)/b15-10+. The van der Waals surface area contributed by atoms with Gasteiger partial charge in [-0.25, -0.2) is 9.79 Å². The van der Waals surface area contributed by atoms with E-state index in [1.54, 1.807) is 55.7 Å². The lowest BCUT2D eigenvalue weighted by atomic mass is 10.0. The van der Waals surface area contributed by atoms with Crippen LogP contribution in [0.25, 0.3) is 17.3 Å². The lowest BCUT2D eigenvalue weighted by Gasteiger charge is -2.06. The third-order valence-electron chi connectivity index (χ3n) is 4.60. The minimum Gasteiger partial charge on any atom is -0.497 e. The molecule has 3 aromatic rings. The Labute approximate surface area is 180 Å². The van der Waals surface area contributed by atoms with Crippen molar-refractivity contribution in [3.63, 3.8) is 0 Å². The Balaban J connectivity index is 1.83. The molecule has 0 saturated heterocycles. The van der Waals surface area contributed by atoms with E-state index in [1.165, 1.54) is 23.0 Å². The summed E-state index contributed by atoms with van der Waals surface area (Å²) in [4.78, 5) is 16.4. The normalized spacial score (nSPS) is 13.8. The molecule has 1 aliphatic rings. The molecule has 0 unspecified atom stereocenters. The monoisotopic (exact) mass is 440 g/mol. The van der Waals surface area contributed by atoms with Crippen molar-refractivity contribution in [3.05, 3.63) is 56.9 Å². The summed E-state index contributed by atoms with van der Waals surface area (Å²) in [6.45, 7) is 0. The van der Waals surface area contributed by atoms with Gasteiger partial charge in [0.15, 0.2) is 9.67 Å². The number of thiazole rings is 1. The predicted octanol–water partition coefficient (Wildman–Crippen LogP) is 4.70. The zero-order valence-electron chi connectivity index (χ0n) is 15.9. The highest BCUT2D eigenvalue weighted by molar-refractivity contribution is 7.73. The first-order valence-corrected chi connectivity index (χ1v) is 9.97. The van der Waals surface area contributed by atoms with E-state index in [4.69, 9.17) is 21.7 Å². The zero-order chi connectivity index (χ0) is 21.4. The molecule has 0 saturated carbocycles. The van der Waals surface area contributed by atoms with Gasteiger partial charge in [0.05, 0.1) is 30.5 Å². The second-order valence-electron chi connectivity index (χ2n) is 6.30. The summed E-state index contributed by atoms with van der Waals surface area (Å²) < 4.78 is 12.3. The molecule has 2 aromatic carbocycles. The van der Waals surface area contributed by atoms with E-state index in [-0.39, 0.29) is 11.6 Å². The fourth-order valence-electron chi connectivity index (χ4n) is 3.14. The molecule has 0 radical (unpaired) electrons. The zero-order valence-corrected chi connectivity index (χ0v) is 17.6. The third-order valence-corrected chi connectivity index (χ3v) is 5.91. The lowest BCUT2D eigenvalue weighted by Crippen LogP contribution is -2.11. The first-order valence-electron chi connectivity index (χ1n) is 8.74. The van der Waals surface area contributed by atoms with Crippen LogP contribution in [-0.4, -0.2) is 40.7 Å². The van der Waals surface area contributed by atoms with Crippen molar-refractivity contribution in [2.75, 3.05) is 14.2 Å².